The molecule has 1 heterocycles. The van der Waals surface area contributed by atoms with Gasteiger partial charge in [-0.25, -0.2) is 9.97 Å². The average Bonchev–Trinajstić information content (AvgIpc) is 2.00. The summed E-state index contributed by atoms with van der Waals surface area (Å²) in [7, 11) is 0. The van der Waals surface area contributed by atoms with E-state index in [1.54, 1.807) is 0 Å². The minimum atomic E-state index is -4.36. The van der Waals surface area contributed by atoms with Gasteiger partial charge in [0.1, 0.15) is 5.82 Å². The van der Waals surface area contributed by atoms with Crippen molar-refractivity contribution in [2.24, 2.45) is 5.41 Å². The number of hydrogen-bond donors (Lipinski definition) is 0. The standard InChI is InChI=1S/C10H13F3N2/c1-9(2,3)4-8-14-5-7(6-15-8)10(11,12)13/h5-6H,4H2,1-3H3. The highest BCUT2D eigenvalue weighted by molar-refractivity contribution is 5.09. The molecule has 0 atom stereocenters. The first-order chi connectivity index (χ1) is 6.68. The third-order valence-electron chi connectivity index (χ3n) is 1.72. The van der Waals surface area contributed by atoms with Gasteiger partial charge in [-0.3, -0.25) is 0 Å². The molecule has 0 fully saturated rings. The molecule has 0 aromatic carbocycles. The molecule has 0 unspecified atom stereocenters. The van der Waals surface area contributed by atoms with E-state index in [1.807, 2.05) is 20.8 Å². The summed E-state index contributed by atoms with van der Waals surface area (Å²) >= 11 is 0. The number of rotatable bonds is 1. The highest BCUT2D eigenvalue weighted by Gasteiger charge is 2.31. The Labute approximate surface area is 86.6 Å². The van der Waals surface area contributed by atoms with Gasteiger partial charge < -0.3 is 0 Å². The Morgan fingerprint density at radius 3 is 1.87 bits per heavy atom. The van der Waals surface area contributed by atoms with Gasteiger partial charge in [-0.2, -0.15) is 13.2 Å². The number of alkyl halides is 3. The minimum Gasteiger partial charge on any atom is -0.241 e. The fourth-order valence-corrected chi connectivity index (χ4v) is 1.07. The third-order valence-corrected chi connectivity index (χ3v) is 1.72. The van der Waals surface area contributed by atoms with Crippen LogP contribution in [0, 0.1) is 5.41 Å². The van der Waals surface area contributed by atoms with E-state index in [-0.39, 0.29) is 5.41 Å². The Morgan fingerprint density at radius 1 is 1.07 bits per heavy atom. The molecular formula is C10H13F3N2. The molecule has 0 saturated heterocycles. The maximum absolute atomic E-state index is 12.2. The van der Waals surface area contributed by atoms with Crippen molar-refractivity contribution in [2.75, 3.05) is 0 Å². The first kappa shape index (κ1) is 11.9. The Hall–Kier alpha value is -1.13. The maximum Gasteiger partial charge on any atom is 0.419 e. The van der Waals surface area contributed by atoms with E-state index in [0.29, 0.717) is 12.2 Å². The molecule has 1 aromatic heterocycles. The molecule has 15 heavy (non-hydrogen) atoms. The molecule has 0 amide bonds. The van der Waals surface area contributed by atoms with E-state index in [2.05, 4.69) is 9.97 Å². The zero-order valence-electron chi connectivity index (χ0n) is 8.89. The van der Waals surface area contributed by atoms with Gasteiger partial charge in [0.2, 0.25) is 0 Å². The van der Waals surface area contributed by atoms with Crippen LogP contribution in [0.3, 0.4) is 0 Å². The number of hydrogen-bond acceptors (Lipinski definition) is 2. The van der Waals surface area contributed by atoms with Crippen LogP contribution < -0.4 is 0 Å². The lowest BCUT2D eigenvalue weighted by Crippen LogP contribution is -2.13. The summed E-state index contributed by atoms with van der Waals surface area (Å²) in [6.07, 6.45) is -2.15. The summed E-state index contributed by atoms with van der Waals surface area (Å²) in [6.45, 7) is 5.94. The Balaban J connectivity index is 2.82. The Bertz CT molecular complexity index is 322. The van der Waals surface area contributed by atoms with Crippen molar-refractivity contribution >= 4 is 0 Å². The summed E-state index contributed by atoms with van der Waals surface area (Å²) in [5, 5.41) is 0. The fourth-order valence-electron chi connectivity index (χ4n) is 1.07. The molecule has 0 N–H and O–H groups in total. The van der Waals surface area contributed by atoms with Crippen molar-refractivity contribution in [2.45, 2.75) is 33.4 Å². The van der Waals surface area contributed by atoms with Crippen LogP contribution >= 0.6 is 0 Å². The third kappa shape index (κ3) is 3.85. The van der Waals surface area contributed by atoms with Crippen LogP contribution in [0.4, 0.5) is 13.2 Å². The summed E-state index contributed by atoms with van der Waals surface area (Å²) < 4.78 is 36.5. The van der Waals surface area contributed by atoms with Gasteiger partial charge in [0.05, 0.1) is 5.56 Å². The summed E-state index contributed by atoms with van der Waals surface area (Å²) in [5.74, 6) is 0.440. The molecule has 0 aliphatic heterocycles. The lowest BCUT2D eigenvalue weighted by atomic mass is 9.92. The van der Waals surface area contributed by atoms with Crippen molar-refractivity contribution in [3.8, 4) is 0 Å². The molecule has 84 valence electrons. The van der Waals surface area contributed by atoms with Crippen LogP contribution in [0.2, 0.25) is 0 Å². The summed E-state index contributed by atoms with van der Waals surface area (Å²) in [5.41, 5.74) is -0.833. The first-order valence-corrected chi connectivity index (χ1v) is 4.57. The largest absolute Gasteiger partial charge is 0.419 e. The van der Waals surface area contributed by atoms with E-state index >= 15 is 0 Å². The van der Waals surface area contributed by atoms with Crippen molar-refractivity contribution < 1.29 is 13.2 Å². The highest BCUT2D eigenvalue weighted by Crippen LogP contribution is 2.28. The average molecular weight is 218 g/mol. The first-order valence-electron chi connectivity index (χ1n) is 4.57. The molecule has 1 aromatic rings. The van der Waals surface area contributed by atoms with E-state index in [1.165, 1.54) is 0 Å². The SMILES string of the molecule is CC(C)(C)Cc1ncc(C(F)(F)F)cn1. The summed E-state index contributed by atoms with van der Waals surface area (Å²) in [4.78, 5) is 7.40. The molecule has 0 radical (unpaired) electrons. The minimum absolute atomic E-state index is 0.0280. The Morgan fingerprint density at radius 2 is 1.53 bits per heavy atom. The Kier molecular flexibility index (Phi) is 3.02. The lowest BCUT2D eigenvalue weighted by Gasteiger charge is -2.16. The van der Waals surface area contributed by atoms with E-state index in [0.717, 1.165) is 12.4 Å². The smallest absolute Gasteiger partial charge is 0.241 e. The molecule has 0 aliphatic rings. The lowest BCUT2D eigenvalue weighted by molar-refractivity contribution is -0.138. The number of halogens is 3. The number of aromatic nitrogens is 2. The maximum atomic E-state index is 12.2. The quantitative estimate of drug-likeness (QED) is 0.723. The van der Waals surface area contributed by atoms with Crippen molar-refractivity contribution in [1.82, 2.24) is 9.97 Å². The molecular weight excluding hydrogens is 205 g/mol. The van der Waals surface area contributed by atoms with Crippen molar-refractivity contribution in [1.29, 1.82) is 0 Å². The summed E-state index contributed by atoms with van der Waals surface area (Å²) in [6, 6.07) is 0. The van der Waals surface area contributed by atoms with Gasteiger partial charge in [-0.15, -0.1) is 0 Å². The van der Waals surface area contributed by atoms with Crippen LogP contribution in [-0.4, -0.2) is 9.97 Å². The predicted octanol–water partition coefficient (Wildman–Crippen LogP) is 3.08. The van der Waals surface area contributed by atoms with Gasteiger partial charge >= 0.3 is 6.18 Å². The van der Waals surface area contributed by atoms with Crippen LogP contribution in [-0.2, 0) is 12.6 Å². The fraction of sp³-hybridized carbons (Fsp3) is 0.600. The van der Waals surface area contributed by atoms with Crippen molar-refractivity contribution in [3.63, 3.8) is 0 Å². The highest BCUT2D eigenvalue weighted by atomic mass is 19.4. The van der Waals surface area contributed by atoms with Gasteiger partial charge in [0.15, 0.2) is 0 Å². The zero-order valence-corrected chi connectivity index (χ0v) is 8.89. The van der Waals surface area contributed by atoms with Gasteiger partial charge in [-0.1, -0.05) is 20.8 Å². The van der Waals surface area contributed by atoms with Crippen LogP contribution in [0.15, 0.2) is 12.4 Å². The van der Waals surface area contributed by atoms with E-state index < -0.39 is 11.7 Å². The van der Waals surface area contributed by atoms with Gasteiger partial charge in [-0.05, 0) is 5.41 Å². The monoisotopic (exact) mass is 218 g/mol. The number of nitrogens with zero attached hydrogens (tertiary/aromatic N) is 2. The molecule has 0 saturated carbocycles. The van der Waals surface area contributed by atoms with Crippen LogP contribution in [0.5, 0.6) is 0 Å². The van der Waals surface area contributed by atoms with E-state index in [4.69, 9.17) is 0 Å². The molecule has 2 nitrogen and oxygen atoms in total. The normalized spacial score (nSPS) is 12.9. The van der Waals surface area contributed by atoms with E-state index in [9.17, 15) is 13.2 Å². The topological polar surface area (TPSA) is 25.8 Å². The molecule has 0 spiro atoms. The second-order valence-electron chi connectivity index (χ2n) is 4.62. The van der Waals surface area contributed by atoms with Gasteiger partial charge in [0, 0.05) is 18.8 Å². The second-order valence-corrected chi connectivity index (χ2v) is 4.62. The molecule has 0 bridgehead atoms. The predicted molar refractivity (Wildman–Crippen MR) is 50.2 cm³/mol. The zero-order chi connectivity index (χ0) is 11.7. The second kappa shape index (κ2) is 3.79. The molecule has 5 heteroatoms. The van der Waals surface area contributed by atoms with Crippen LogP contribution in [0.1, 0.15) is 32.2 Å². The molecule has 0 aliphatic carbocycles. The van der Waals surface area contributed by atoms with Crippen LogP contribution in [0.25, 0.3) is 0 Å². The van der Waals surface area contributed by atoms with Gasteiger partial charge in [0.25, 0.3) is 0 Å². The van der Waals surface area contributed by atoms with Crippen molar-refractivity contribution in [3.05, 3.63) is 23.8 Å². The molecule has 1 rings (SSSR count).